The first kappa shape index (κ1) is 9.79. The van der Waals surface area contributed by atoms with Crippen LogP contribution in [0.15, 0.2) is 6.07 Å². The number of ether oxygens (including phenoxy) is 1. The number of pyridine rings is 1. The summed E-state index contributed by atoms with van der Waals surface area (Å²) in [7, 11) is 0. The van der Waals surface area contributed by atoms with Crippen LogP contribution in [0.25, 0.3) is 0 Å². The zero-order valence-corrected chi connectivity index (χ0v) is 6.43. The lowest BCUT2D eigenvalue weighted by molar-refractivity contribution is 0.188. The van der Waals surface area contributed by atoms with E-state index in [-0.39, 0.29) is 13.2 Å². The van der Waals surface area contributed by atoms with E-state index < -0.39 is 23.5 Å². The normalized spacial score (nSPS) is 10.2. The number of aliphatic hydroxyl groups is 1. The monoisotopic (exact) mass is 193 g/mol. The molecular weight excluding hydrogens is 187 g/mol. The lowest BCUT2D eigenvalue weighted by atomic mass is 10.4. The Morgan fingerprint density at radius 1 is 1.31 bits per heavy atom. The average Bonchev–Trinajstić information content (AvgIpc) is 2.09. The highest BCUT2D eigenvalue weighted by Crippen LogP contribution is 2.15. The van der Waals surface area contributed by atoms with Gasteiger partial charge in [-0.05, 0) is 0 Å². The number of rotatable bonds is 3. The quantitative estimate of drug-likeness (QED) is 0.724. The van der Waals surface area contributed by atoms with Crippen LogP contribution in [-0.4, -0.2) is 23.3 Å². The molecule has 1 rings (SSSR count). The molecule has 0 atom stereocenters. The SMILES string of the molecule is OCCOc1nc(F)c(F)cc1F. The highest BCUT2D eigenvalue weighted by atomic mass is 19.2. The summed E-state index contributed by atoms with van der Waals surface area (Å²) in [6, 6.07) is 0.328. The molecule has 0 saturated carbocycles. The van der Waals surface area contributed by atoms with Crippen LogP contribution < -0.4 is 4.74 Å². The predicted molar refractivity (Wildman–Crippen MR) is 36.7 cm³/mol. The van der Waals surface area contributed by atoms with Crippen LogP contribution in [0.3, 0.4) is 0 Å². The summed E-state index contributed by atoms with van der Waals surface area (Å²) in [5, 5.41) is 8.30. The van der Waals surface area contributed by atoms with Crippen molar-refractivity contribution in [2.45, 2.75) is 0 Å². The van der Waals surface area contributed by atoms with Gasteiger partial charge in [0.25, 0.3) is 11.8 Å². The molecule has 0 aliphatic carbocycles. The van der Waals surface area contributed by atoms with Crippen molar-refractivity contribution in [1.82, 2.24) is 4.98 Å². The van der Waals surface area contributed by atoms with Crippen LogP contribution >= 0.6 is 0 Å². The minimum absolute atomic E-state index is 0.227. The van der Waals surface area contributed by atoms with Gasteiger partial charge in [-0.25, -0.2) is 8.78 Å². The second-order valence-corrected chi connectivity index (χ2v) is 2.12. The number of aliphatic hydroxyl groups excluding tert-OH is 1. The maximum Gasteiger partial charge on any atom is 0.253 e. The fourth-order valence-corrected chi connectivity index (χ4v) is 0.672. The van der Waals surface area contributed by atoms with Crippen LogP contribution in [0.2, 0.25) is 0 Å². The van der Waals surface area contributed by atoms with Crippen LogP contribution in [0.5, 0.6) is 5.88 Å². The van der Waals surface area contributed by atoms with Crippen molar-refractivity contribution in [3.8, 4) is 5.88 Å². The van der Waals surface area contributed by atoms with Crippen LogP contribution in [0, 0.1) is 17.6 Å². The van der Waals surface area contributed by atoms with E-state index in [9.17, 15) is 13.2 Å². The van der Waals surface area contributed by atoms with Gasteiger partial charge in [-0.15, -0.1) is 0 Å². The van der Waals surface area contributed by atoms with Crippen molar-refractivity contribution >= 4 is 0 Å². The van der Waals surface area contributed by atoms with Crippen molar-refractivity contribution in [3.63, 3.8) is 0 Å². The Hall–Kier alpha value is -1.30. The average molecular weight is 193 g/mol. The number of nitrogens with zero attached hydrogens (tertiary/aromatic N) is 1. The first-order valence-electron chi connectivity index (χ1n) is 3.40. The van der Waals surface area contributed by atoms with E-state index in [2.05, 4.69) is 9.72 Å². The third kappa shape index (κ3) is 2.32. The van der Waals surface area contributed by atoms with E-state index in [0.717, 1.165) is 0 Å². The highest BCUT2D eigenvalue weighted by molar-refractivity contribution is 5.14. The third-order valence-corrected chi connectivity index (χ3v) is 1.18. The van der Waals surface area contributed by atoms with Crippen molar-refractivity contribution in [1.29, 1.82) is 0 Å². The van der Waals surface area contributed by atoms with Crippen LogP contribution in [-0.2, 0) is 0 Å². The Morgan fingerprint density at radius 3 is 2.62 bits per heavy atom. The number of halogens is 3. The molecule has 1 heterocycles. The van der Waals surface area contributed by atoms with E-state index in [4.69, 9.17) is 5.11 Å². The fraction of sp³-hybridized carbons (Fsp3) is 0.286. The molecule has 72 valence electrons. The molecule has 0 aromatic carbocycles. The summed E-state index contributed by atoms with van der Waals surface area (Å²) in [6.45, 7) is -0.588. The van der Waals surface area contributed by atoms with Gasteiger partial charge in [-0.3, -0.25) is 0 Å². The van der Waals surface area contributed by atoms with Gasteiger partial charge < -0.3 is 9.84 Å². The van der Waals surface area contributed by atoms with Gasteiger partial charge in [0.05, 0.1) is 6.61 Å². The van der Waals surface area contributed by atoms with Gasteiger partial charge >= 0.3 is 0 Å². The Labute approximate surface area is 71.8 Å². The first-order chi connectivity index (χ1) is 6.15. The molecule has 0 aliphatic rings. The van der Waals surface area contributed by atoms with E-state index in [1.54, 1.807) is 0 Å². The molecule has 1 aromatic heterocycles. The molecule has 0 unspecified atom stereocenters. The summed E-state index contributed by atoms with van der Waals surface area (Å²) >= 11 is 0. The number of hydrogen-bond donors (Lipinski definition) is 1. The minimum atomic E-state index is -1.44. The first-order valence-corrected chi connectivity index (χ1v) is 3.40. The van der Waals surface area contributed by atoms with Crippen molar-refractivity contribution in [3.05, 3.63) is 23.6 Å². The van der Waals surface area contributed by atoms with Gasteiger partial charge in [-0.2, -0.15) is 9.37 Å². The Morgan fingerprint density at radius 2 is 2.00 bits per heavy atom. The van der Waals surface area contributed by atoms with Gasteiger partial charge in [0.2, 0.25) is 0 Å². The fourth-order valence-electron chi connectivity index (χ4n) is 0.672. The molecule has 1 aromatic rings. The van der Waals surface area contributed by atoms with Gasteiger partial charge in [0.15, 0.2) is 11.6 Å². The third-order valence-electron chi connectivity index (χ3n) is 1.18. The van der Waals surface area contributed by atoms with E-state index in [1.807, 2.05) is 0 Å². The number of aromatic nitrogens is 1. The van der Waals surface area contributed by atoms with E-state index in [0.29, 0.717) is 6.07 Å². The van der Waals surface area contributed by atoms with Crippen LogP contribution in [0.1, 0.15) is 0 Å². The van der Waals surface area contributed by atoms with Crippen molar-refractivity contribution in [2.24, 2.45) is 0 Å². The van der Waals surface area contributed by atoms with Gasteiger partial charge in [-0.1, -0.05) is 0 Å². The maximum atomic E-state index is 12.7. The molecule has 0 radical (unpaired) electrons. The molecule has 0 fully saturated rings. The molecule has 0 aliphatic heterocycles. The van der Waals surface area contributed by atoms with E-state index >= 15 is 0 Å². The molecule has 13 heavy (non-hydrogen) atoms. The van der Waals surface area contributed by atoms with Gasteiger partial charge in [0, 0.05) is 6.07 Å². The summed E-state index contributed by atoms with van der Waals surface area (Å²) in [4.78, 5) is 2.86. The topological polar surface area (TPSA) is 42.4 Å². The minimum Gasteiger partial charge on any atom is -0.473 e. The molecular formula is C7H6F3NO2. The molecule has 6 heteroatoms. The Balaban J connectivity index is 2.88. The second-order valence-electron chi connectivity index (χ2n) is 2.12. The van der Waals surface area contributed by atoms with Gasteiger partial charge in [0.1, 0.15) is 6.61 Å². The molecule has 0 saturated heterocycles. The number of hydrogen-bond acceptors (Lipinski definition) is 3. The summed E-state index contributed by atoms with van der Waals surface area (Å²) in [5.74, 6) is -4.58. The highest BCUT2D eigenvalue weighted by Gasteiger charge is 2.12. The van der Waals surface area contributed by atoms with Crippen molar-refractivity contribution < 1.29 is 23.0 Å². The lowest BCUT2D eigenvalue weighted by Gasteiger charge is -2.03. The zero-order valence-electron chi connectivity index (χ0n) is 6.43. The Kier molecular flexibility index (Phi) is 3.07. The standard InChI is InChI=1S/C7H6F3NO2/c8-4-3-5(9)7(11-6(4)10)13-2-1-12/h3,12H,1-2H2. The summed E-state index contributed by atoms with van der Waals surface area (Å²) in [6.07, 6.45) is 0. The molecule has 3 nitrogen and oxygen atoms in total. The Bertz CT molecular complexity index is 306. The predicted octanol–water partition coefficient (Wildman–Crippen LogP) is 0.870. The van der Waals surface area contributed by atoms with Crippen molar-refractivity contribution in [2.75, 3.05) is 13.2 Å². The maximum absolute atomic E-state index is 12.7. The molecule has 0 spiro atoms. The second kappa shape index (κ2) is 4.08. The largest absolute Gasteiger partial charge is 0.473 e. The lowest BCUT2D eigenvalue weighted by Crippen LogP contribution is -2.06. The summed E-state index contributed by atoms with van der Waals surface area (Å²) in [5.41, 5.74) is 0. The summed E-state index contributed by atoms with van der Waals surface area (Å²) < 4.78 is 41.8. The van der Waals surface area contributed by atoms with E-state index in [1.165, 1.54) is 0 Å². The molecule has 0 amide bonds. The van der Waals surface area contributed by atoms with Crippen LogP contribution in [0.4, 0.5) is 13.2 Å². The molecule has 1 N–H and O–H groups in total. The molecule has 0 bridgehead atoms. The zero-order chi connectivity index (χ0) is 9.84. The smallest absolute Gasteiger partial charge is 0.253 e.